The summed E-state index contributed by atoms with van der Waals surface area (Å²) in [7, 11) is 0. The van der Waals surface area contributed by atoms with Crippen LogP contribution in [0.1, 0.15) is 39.1 Å². The number of hydrogen-bond donors (Lipinski definition) is 1. The maximum absolute atomic E-state index is 4.35. The van der Waals surface area contributed by atoms with E-state index in [1.807, 2.05) is 12.4 Å². The van der Waals surface area contributed by atoms with Crippen LogP contribution in [0.5, 0.6) is 0 Å². The zero-order valence-electron chi connectivity index (χ0n) is 9.46. The quantitative estimate of drug-likeness (QED) is 0.796. The molecule has 0 aliphatic heterocycles. The minimum Gasteiger partial charge on any atom is -0.313 e. The van der Waals surface area contributed by atoms with E-state index in [2.05, 4.69) is 43.0 Å². The average Bonchev–Trinajstić information content (AvgIpc) is 2.14. The molecule has 1 N–H and O–H groups in total. The van der Waals surface area contributed by atoms with Crippen LogP contribution in [-0.4, -0.2) is 16.5 Å². The largest absolute Gasteiger partial charge is 0.313 e. The van der Waals surface area contributed by atoms with Gasteiger partial charge in [0.15, 0.2) is 0 Å². The molecule has 0 spiro atoms. The third kappa shape index (κ3) is 3.07. The minimum absolute atomic E-state index is 0.0384. The van der Waals surface area contributed by atoms with Gasteiger partial charge in [-0.3, -0.25) is 0 Å². The summed E-state index contributed by atoms with van der Waals surface area (Å²) in [4.78, 5) is 8.70. The average molecular weight is 193 g/mol. The van der Waals surface area contributed by atoms with Crippen molar-refractivity contribution < 1.29 is 0 Å². The first-order valence-corrected chi connectivity index (χ1v) is 5.06. The number of nitrogens with one attached hydrogen (secondary N) is 1. The summed E-state index contributed by atoms with van der Waals surface area (Å²) in [6.07, 6.45) is 3.80. The molecule has 1 aromatic rings. The van der Waals surface area contributed by atoms with E-state index in [1.165, 1.54) is 0 Å². The highest BCUT2D eigenvalue weighted by Gasteiger charge is 2.16. The fourth-order valence-corrected chi connectivity index (χ4v) is 1.10. The van der Waals surface area contributed by atoms with Crippen LogP contribution in [0.2, 0.25) is 0 Å². The van der Waals surface area contributed by atoms with Crippen LogP contribution < -0.4 is 5.32 Å². The summed E-state index contributed by atoms with van der Waals surface area (Å²) in [6, 6.07) is 0. The Balaban J connectivity index is 2.69. The Bertz CT molecular complexity index is 272. The molecule has 0 aromatic carbocycles. The molecule has 1 aromatic heterocycles. The van der Waals surface area contributed by atoms with Crippen molar-refractivity contribution in [3.63, 3.8) is 0 Å². The topological polar surface area (TPSA) is 37.8 Å². The number of rotatable bonds is 3. The SMILES string of the molecule is CCNCc1cnc(C(C)(C)C)nc1. The highest BCUT2D eigenvalue weighted by atomic mass is 14.9. The Morgan fingerprint density at radius 2 is 1.79 bits per heavy atom. The van der Waals surface area contributed by atoms with Crippen molar-refractivity contribution in [1.82, 2.24) is 15.3 Å². The van der Waals surface area contributed by atoms with Gasteiger partial charge in [-0.1, -0.05) is 27.7 Å². The molecule has 3 heteroatoms. The van der Waals surface area contributed by atoms with E-state index in [0.717, 1.165) is 24.5 Å². The van der Waals surface area contributed by atoms with Gasteiger partial charge < -0.3 is 5.32 Å². The van der Waals surface area contributed by atoms with Crippen LogP contribution in [0.4, 0.5) is 0 Å². The Kier molecular flexibility index (Phi) is 3.58. The summed E-state index contributed by atoms with van der Waals surface area (Å²) in [5, 5.41) is 3.24. The van der Waals surface area contributed by atoms with Crippen LogP contribution >= 0.6 is 0 Å². The lowest BCUT2D eigenvalue weighted by molar-refractivity contribution is 0.543. The van der Waals surface area contributed by atoms with Crippen LogP contribution in [0, 0.1) is 0 Å². The molecule has 0 amide bonds. The lowest BCUT2D eigenvalue weighted by atomic mass is 9.96. The molecular formula is C11H19N3. The molecule has 1 rings (SSSR count). The molecule has 14 heavy (non-hydrogen) atoms. The molecule has 0 unspecified atom stereocenters. The summed E-state index contributed by atoms with van der Waals surface area (Å²) in [6.45, 7) is 10.3. The Morgan fingerprint density at radius 3 is 2.21 bits per heavy atom. The number of hydrogen-bond acceptors (Lipinski definition) is 3. The summed E-state index contributed by atoms with van der Waals surface area (Å²) in [5.41, 5.74) is 1.18. The van der Waals surface area contributed by atoms with E-state index in [4.69, 9.17) is 0 Å². The molecule has 0 aliphatic rings. The van der Waals surface area contributed by atoms with Gasteiger partial charge in [0.25, 0.3) is 0 Å². The maximum atomic E-state index is 4.35. The van der Waals surface area contributed by atoms with Crippen molar-refractivity contribution in [3.05, 3.63) is 23.8 Å². The van der Waals surface area contributed by atoms with E-state index in [-0.39, 0.29) is 5.41 Å². The second kappa shape index (κ2) is 4.51. The predicted octanol–water partition coefficient (Wildman–Crippen LogP) is 1.88. The van der Waals surface area contributed by atoms with Crippen molar-refractivity contribution >= 4 is 0 Å². The van der Waals surface area contributed by atoms with Gasteiger partial charge in [0.05, 0.1) is 0 Å². The Hall–Kier alpha value is -0.960. The van der Waals surface area contributed by atoms with Crippen molar-refractivity contribution in [1.29, 1.82) is 0 Å². The lowest BCUT2D eigenvalue weighted by Crippen LogP contribution is -2.17. The zero-order chi connectivity index (χ0) is 10.6. The van der Waals surface area contributed by atoms with Crippen molar-refractivity contribution in [2.45, 2.75) is 39.7 Å². The van der Waals surface area contributed by atoms with Crippen molar-refractivity contribution in [3.8, 4) is 0 Å². The van der Waals surface area contributed by atoms with Gasteiger partial charge in [-0.05, 0) is 6.54 Å². The molecule has 0 radical (unpaired) electrons. The summed E-state index contributed by atoms with van der Waals surface area (Å²) in [5.74, 6) is 0.901. The molecule has 78 valence electrons. The van der Waals surface area contributed by atoms with E-state index in [9.17, 15) is 0 Å². The van der Waals surface area contributed by atoms with Gasteiger partial charge in [0.1, 0.15) is 5.82 Å². The third-order valence-corrected chi connectivity index (χ3v) is 1.96. The zero-order valence-corrected chi connectivity index (χ0v) is 9.46. The Labute approximate surface area is 86.0 Å². The summed E-state index contributed by atoms with van der Waals surface area (Å²) >= 11 is 0. The minimum atomic E-state index is 0.0384. The maximum Gasteiger partial charge on any atom is 0.133 e. The third-order valence-electron chi connectivity index (χ3n) is 1.96. The molecule has 0 fully saturated rings. The fourth-order valence-electron chi connectivity index (χ4n) is 1.10. The predicted molar refractivity (Wildman–Crippen MR) is 58.1 cm³/mol. The van der Waals surface area contributed by atoms with Crippen molar-refractivity contribution in [2.75, 3.05) is 6.54 Å². The van der Waals surface area contributed by atoms with Crippen LogP contribution in [-0.2, 0) is 12.0 Å². The second-order valence-electron chi connectivity index (χ2n) is 4.45. The van der Waals surface area contributed by atoms with Gasteiger partial charge in [-0.15, -0.1) is 0 Å². The highest BCUT2D eigenvalue weighted by molar-refractivity contribution is 5.09. The molecular weight excluding hydrogens is 174 g/mol. The number of nitrogens with zero attached hydrogens (tertiary/aromatic N) is 2. The number of aromatic nitrogens is 2. The second-order valence-corrected chi connectivity index (χ2v) is 4.45. The fraction of sp³-hybridized carbons (Fsp3) is 0.636. The standard InChI is InChI=1S/C11H19N3/c1-5-12-6-9-7-13-10(14-8-9)11(2,3)4/h7-8,12H,5-6H2,1-4H3. The van der Waals surface area contributed by atoms with Gasteiger partial charge in [-0.2, -0.15) is 0 Å². The van der Waals surface area contributed by atoms with Crippen LogP contribution in [0.25, 0.3) is 0 Å². The molecule has 0 saturated carbocycles. The molecule has 3 nitrogen and oxygen atoms in total. The Morgan fingerprint density at radius 1 is 1.21 bits per heavy atom. The molecule has 0 bridgehead atoms. The first kappa shape index (κ1) is 11.1. The van der Waals surface area contributed by atoms with Crippen LogP contribution in [0.3, 0.4) is 0 Å². The first-order valence-electron chi connectivity index (χ1n) is 5.06. The van der Waals surface area contributed by atoms with E-state index in [0.29, 0.717) is 0 Å². The molecule has 0 aliphatic carbocycles. The molecule has 0 saturated heterocycles. The normalized spacial score (nSPS) is 11.7. The highest BCUT2D eigenvalue weighted by Crippen LogP contribution is 2.16. The lowest BCUT2D eigenvalue weighted by Gasteiger charge is -2.16. The monoisotopic (exact) mass is 193 g/mol. The van der Waals surface area contributed by atoms with Gasteiger partial charge in [-0.25, -0.2) is 9.97 Å². The smallest absolute Gasteiger partial charge is 0.133 e. The van der Waals surface area contributed by atoms with Gasteiger partial charge in [0, 0.05) is 29.9 Å². The van der Waals surface area contributed by atoms with E-state index >= 15 is 0 Å². The van der Waals surface area contributed by atoms with Gasteiger partial charge >= 0.3 is 0 Å². The van der Waals surface area contributed by atoms with Crippen molar-refractivity contribution in [2.24, 2.45) is 0 Å². The first-order chi connectivity index (χ1) is 6.54. The van der Waals surface area contributed by atoms with Gasteiger partial charge in [0.2, 0.25) is 0 Å². The summed E-state index contributed by atoms with van der Waals surface area (Å²) < 4.78 is 0. The molecule has 1 heterocycles. The molecule has 0 atom stereocenters. The van der Waals surface area contributed by atoms with E-state index < -0.39 is 0 Å². The van der Waals surface area contributed by atoms with Crippen LogP contribution in [0.15, 0.2) is 12.4 Å². The van der Waals surface area contributed by atoms with E-state index in [1.54, 1.807) is 0 Å².